The Balaban J connectivity index is 2.01. The first-order chi connectivity index (χ1) is 8.47. The molecular formula is C13H16N2O3. The summed E-state index contributed by atoms with van der Waals surface area (Å²) in [6, 6.07) is 5.34. The average Bonchev–Trinajstić information content (AvgIpc) is 2.25. The lowest BCUT2D eigenvalue weighted by atomic mass is 9.95. The first kappa shape index (κ1) is 12.4. The van der Waals surface area contributed by atoms with E-state index in [1.165, 1.54) is 0 Å². The van der Waals surface area contributed by atoms with Crippen LogP contribution in [0.1, 0.15) is 22.3 Å². The van der Waals surface area contributed by atoms with Crippen molar-refractivity contribution in [3.05, 3.63) is 29.3 Å². The van der Waals surface area contributed by atoms with Crippen LogP contribution < -0.4 is 5.73 Å². The SMILES string of the molecule is Cc1ccc(N)c(C(=O)N2CC(CC(=O)O)C2)c1. The molecule has 0 radical (unpaired) electrons. The second-order valence-electron chi connectivity index (χ2n) is 4.76. The second-order valence-corrected chi connectivity index (χ2v) is 4.76. The number of likely N-dealkylation sites (tertiary alicyclic amines) is 1. The number of aliphatic carboxylic acids is 1. The number of benzene rings is 1. The van der Waals surface area contributed by atoms with Gasteiger partial charge in [0.15, 0.2) is 0 Å². The molecule has 5 heteroatoms. The highest BCUT2D eigenvalue weighted by Gasteiger charge is 2.33. The molecule has 2 rings (SSSR count). The third kappa shape index (κ3) is 2.45. The summed E-state index contributed by atoms with van der Waals surface area (Å²) in [4.78, 5) is 24.3. The molecule has 0 saturated carbocycles. The van der Waals surface area contributed by atoms with Gasteiger partial charge in [0.2, 0.25) is 0 Å². The van der Waals surface area contributed by atoms with Crippen molar-refractivity contribution in [2.24, 2.45) is 5.92 Å². The third-order valence-electron chi connectivity index (χ3n) is 3.15. The molecule has 1 heterocycles. The molecule has 5 nitrogen and oxygen atoms in total. The Morgan fingerprint density at radius 3 is 2.72 bits per heavy atom. The lowest BCUT2D eigenvalue weighted by Crippen LogP contribution is -2.50. The second kappa shape index (κ2) is 4.68. The fourth-order valence-corrected chi connectivity index (χ4v) is 2.14. The highest BCUT2D eigenvalue weighted by atomic mass is 16.4. The molecule has 3 N–H and O–H groups in total. The van der Waals surface area contributed by atoms with E-state index in [0.717, 1.165) is 5.56 Å². The van der Waals surface area contributed by atoms with Crippen LogP contribution in [0.5, 0.6) is 0 Å². The molecule has 1 aromatic carbocycles. The summed E-state index contributed by atoms with van der Waals surface area (Å²) in [5, 5.41) is 8.65. The van der Waals surface area contributed by atoms with Crippen molar-refractivity contribution in [3.8, 4) is 0 Å². The molecule has 1 fully saturated rings. The number of hydrogen-bond donors (Lipinski definition) is 2. The van der Waals surface area contributed by atoms with E-state index < -0.39 is 5.97 Å². The lowest BCUT2D eigenvalue weighted by Gasteiger charge is -2.38. The number of hydrogen-bond acceptors (Lipinski definition) is 3. The molecule has 18 heavy (non-hydrogen) atoms. The van der Waals surface area contributed by atoms with E-state index in [9.17, 15) is 9.59 Å². The number of carbonyl (C=O) groups is 2. The van der Waals surface area contributed by atoms with Gasteiger partial charge in [0.05, 0.1) is 12.0 Å². The summed E-state index contributed by atoms with van der Waals surface area (Å²) in [5.74, 6) is -0.863. The molecule has 1 aromatic rings. The predicted molar refractivity (Wildman–Crippen MR) is 67.2 cm³/mol. The van der Waals surface area contributed by atoms with Gasteiger partial charge >= 0.3 is 5.97 Å². The van der Waals surface area contributed by atoms with Crippen LogP contribution in [-0.2, 0) is 4.79 Å². The van der Waals surface area contributed by atoms with Gasteiger partial charge < -0.3 is 15.7 Å². The Bertz CT molecular complexity index is 493. The Morgan fingerprint density at radius 2 is 2.11 bits per heavy atom. The van der Waals surface area contributed by atoms with E-state index in [0.29, 0.717) is 24.3 Å². The molecule has 0 aromatic heterocycles. The van der Waals surface area contributed by atoms with Crippen LogP contribution in [0.3, 0.4) is 0 Å². The molecule has 1 aliphatic rings. The quantitative estimate of drug-likeness (QED) is 0.785. The van der Waals surface area contributed by atoms with Crippen LogP contribution in [0.2, 0.25) is 0 Å². The number of anilines is 1. The van der Waals surface area contributed by atoms with Gasteiger partial charge in [-0.3, -0.25) is 9.59 Å². The van der Waals surface area contributed by atoms with Crippen LogP contribution in [0, 0.1) is 12.8 Å². The highest BCUT2D eigenvalue weighted by Crippen LogP contribution is 2.24. The van der Waals surface area contributed by atoms with E-state index in [2.05, 4.69) is 0 Å². The zero-order valence-corrected chi connectivity index (χ0v) is 10.2. The van der Waals surface area contributed by atoms with E-state index in [4.69, 9.17) is 10.8 Å². The monoisotopic (exact) mass is 248 g/mol. The van der Waals surface area contributed by atoms with Crippen molar-refractivity contribution >= 4 is 17.6 Å². The maximum atomic E-state index is 12.1. The first-order valence-corrected chi connectivity index (χ1v) is 5.84. The number of amides is 1. The number of carboxylic acids is 1. The van der Waals surface area contributed by atoms with E-state index in [1.807, 2.05) is 13.0 Å². The maximum Gasteiger partial charge on any atom is 0.303 e. The van der Waals surface area contributed by atoms with Crippen molar-refractivity contribution < 1.29 is 14.7 Å². The minimum atomic E-state index is -0.817. The molecule has 1 amide bonds. The number of nitrogens with two attached hydrogens (primary N) is 1. The number of nitrogen functional groups attached to an aromatic ring is 1. The van der Waals surface area contributed by atoms with Crippen molar-refractivity contribution in [1.29, 1.82) is 0 Å². The lowest BCUT2D eigenvalue weighted by molar-refractivity contribution is -0.139. The minimum Gasteiger partial charge on any atom is -0.481 e. The van der Waals surface area contributed by atoms with E-state index in [-0.39, 0.29) is 18.2 Å². The van der Waals surface area contributed by atoms with Crippen LogP contribution in [-0.4, -0.2) is 35.0 Å². The highest BCUT2D eigenvalue weighted by molar-refractivity contribution is 5.99. The molecule has 96 valence electrons. The molecule has 0 atom stereocenters. The number of aryl methyl sites for hydroxylation is 1. The summed E-state index contributed by atoms with van der Waals surface area (Å²) >= 11 is 0. The van der Waals surface area contributed by atoms with Gasteiger partial charge in [0.25, 0.3) is 5.91 Å². The topological polar surface area (TPSA) is 83.6 Å². The summed E-state index contributed by atoms with van der Waals surface area (Å²) in [6.45, 7) is 2.90. The van der Waals surface area contributed by atoms with E-state index >= 15 is 0 Å². The predicted octanol–water partition coefficient (Wildman–Crippen LogP) is 1.12. The largest absolute Gasteiger partial charge is 0.481 e. The van der Waals surface area contributed by atoms with Crippen molar-refractivity contribution in [2.45, 2.75) is 13.3 Å². The standard InChI is InChI=1S/C13H16N2O3/c1-8-2-3-11(14)10(4-8)13(18)15-6-9(7-15)5-12(16)17/h2-4,9H,5-7,14H2,1H3,(H,16,17). The van der Waals surface area contributed by atoms with Crippen LogP contribution in [0.4, 0.5) is 5.69 Å². The number of carbonyl (C=O) groups excluding carboxylic acids is 1. The van der Waals surface area contributed by atoms with Gasteiger partial charge in [-0.1, -0.05) is 11.6 Å². The smallest absolute Gasteiger partial charge is 0.303 e. The Kier molecular flexibility index (Phi) is 3.23. The summed E-state index contributed by atoms with van der Waals surface area (Å²) < 4.78 is 0. The number of rotatable bonds is 3. The molecule has 0 unspecified atom stereocenters. The van der Waals surface area contributed by atoms with Crippen LogP contribution in [0.15, 0.2) is 18.2 Å². The summed E-state index contributed by atoms with van der Waals surface area (Å²) in [5.41, 5.74) is 7.73. The van der Waals surface area contributed by atoms with Gasteiger partial charge in [0, 0.05) is 24.7 Å². The number of carboxylic acid groups (broad SMARTS) is 1. The zero-order chi connectivity index (χ0) is 13.3. The Labute approximate surface area is 105 Å². The van der Waals surface area contributed by atoms with Gasteiger partial charge in [-0.05, 0) is 19.1 Å². The minimum absolute atomic E-state index is 0.0671. The van der Waals surface area contributed by atoms with Crippen molar-refractivity contribution in [3.63, 3.8) is 0 Å². The molecule has 1 saturated heterocycles. The van der Waals surface area contributed by atoms with Gasteiger partial charge in [-0.25, -0.2) is 0 Å². The molecular weight excluding hydrogens is 232 g/mol. The normalized spacial score (nSPS) is 15.3. The molecule has 0 spiro atoms. The van der Waals surface area contributed by atoms with Gasteiger partial charge in [-0.2, -0.15) is 0 Å². The van der Waals surface area contributed by atoms with E-state index in [1.54, 1.807) is 17.0 Å². The van der Waals surface area contributed by atoms with Crippen LogP contribution >= 0.6 is 0 Å². The fourth-order valence-electron chi connectivity index (χ4n) is 2.14. The molecule has 0 aliphatic carbocycles. The Hall–Kier alpha value is -2.04. The van der Waals surface area contributed by atoms with Gasteiger partial charge in [0.1, 0.15) is 0 Å². The third-order valence-corrected chi connectivity index (χ3v) is 3.15. The Morgan fingerprint density at radius 1 is 1.44 bits per heavy atom. The summed E-state index contributed by atoms with van der Waals surface area (Å²) in [7, 11) is 0. The molecule has 0 bridgehead atoms. The van der Waals surface area contributed by atoms with Crippen molar-refractivity contribution in [1.82, 2.24) is 4.90 Å². The van der Waals surface area contributed by atoms with Gasteiger partial charge in [-0.15, -0.1) is 0 Å². The molecule has 1 aliphatic heterocycles. The number of nitrogens with zero attached hydrogens (tertiary/aromatic N) is 1. The van der Waals surface area contributed by atoms with Crippen LogP contribution in [0.25, 0.3) is 0 Å². The summed E-state index contributed by atoms with van der Waals surface area (Å²) in [6.07, 6.45) is 0.118. The van der Waals surface area contributed by atoms with Crippen molar-refractivity contribution in [2.75, 3.05) is 18.8 Å². The zero-order valence-electron chi connectivity index (χ0n) is 10.2. The maximum absolute atomic E-state index is 12.1. The average molecular weight is 248 g/mol. The fraction of sp³-hybridized carbons (Fsp3) is 0.385. The first-order valence-electron chi connectivity index (χ1n) is 5.84.